The molecule has 4 nitrogen and oxygen atoms in total. The van der Waals surface area contributed by atoms with Crippen LogP contribution in [0.3, 0.4) is 0 Å². The van der Waals surface area contributed by atoms with E-state index in [2.05, 4.69) is 22.5 Å². The van der Waals surface area contributed by atoms with Crippen LogP contribution in [0.2, 0.25) is 0 Å². The Morgan fingerprint density at radius 3 is 3.05 bits per heavy atom. The number of piperidine rings is 1. The summed E-state index contributed by atoms with van der Waals surface area (Å²) in [5.74, 6) is 2.02. The van der Waals surface area contributed by atoms with E-state index in [1.807, 2.05) is 0 Å². The summed E-state index contributed by atoms with van der Waals surface area (Å²) < 4.78 is 0. The van der Waals surface area contributed by atoms with Gasteiger partial charge in [0.25, 0.3) is 0 Å². The van der Waals surface area contributed by atoms with Crippen molar-refractivity contribution in [1.29, 1.82) is 0 Å². The summed E-state index contributed by atoms with van der Waals surface area (Å²) in [7, 11) is 0. The van der Waals surface area contributed by atoms with Crippen molar-refractivity contribution >= 4 is 22.8 Å². The third-order valence-corrected chi connectivity index (χ3v) is 5.66. The van der Waals surface area contributed by atoms with Gasteiger partial charge in [0.1, 0.15) is 6.04 Å². The maximum absolute atomic E-state index is 11.7. The highest BCUT2D eigenvalue weighted by Crippen LogP contribution is 2.38. The van der Waals surface area contributed by atoms with Crippen molar-refractivity contribution in [2.45, 2.75) is 57.0 Å². The van der Waals surface area contributed by atoms with Gasteiger partial charge in [0.2, 0.25) is 5.91 Å². The Morgan fingerprint density at radius 1 is 1.37 bits per heavy atom. The molecule has 3 rings (SSSR count). The van der Waals surface area contributed by atoms with Crippen LogP contribution in [0.15, 0.2) is 4.99 Å². The van der Waals surface area contributed by atoms with Gasteiger partial charge in [-0.1, -0.05) is 31.5 Å². The van der Waals surface area contributed by atoms with Gasteiger partial charge in [-0.25, -0.2) is 4.99 Å². The molecule has 2 aliphatic heterocycles. The fraction of sp³-hybridized carbons (Fsp3) is 0.857. The summed E-state index contributed by atoms with van der Waals surface area (Å²) in [5, 5.41) is 7.54. The summed E-state index contributed by atoms with van der Waals surface area (Å²) in [4.78, 5) is 16.4. The number of rotatable bonds is 1. The predicted octanol–water partition coefficient (Wildman–Crippen LogP) is 1.91. The largest absolute Gasteiger partial charge is 0.359 e. The molecule has 0 aromatic heterocycles. The van der Waals surface area contributed by atoms with Crippen LogP contribution in [0.5, 0.6) is 0 Å². The first-order valence-electron chi connectivity index (χ1n) is 7.43. The van der Waals surface area contributed by atoms with Crippen LogP contribution in [0.4, 0.5) is 0 Å². The van der Waals surface area contributed by atoms with Crippen LogP contribution in [0, 0.1) is 5.92 Å². The second-order valence-electron chi connectivity index (χ2n) is 6.28. The topological polar surface area (TPSA) is 53.5 Å². The van der Waals surface area contributed by atoms with Gasteiger partial charge in [0.05, 0.1) is 0 Å². The van der Waals surface area contributed by atoms with E-state index in [-0.39, 0.29) is 17.5 Å². The lowest BCUT2D eigenvalue weighted by molar-refractivity contribution is -0.123. The lowest BCUT2D eigenvalue weighted by atomic mass is 9.78. The Balaban J connectivity index is 1.66. The van der Waals surface area contributed by atoms with Crippen LogP contribution in [0.25, 0.3) is 0 Å². The molecule has 1 saturated carbocycles. The summed E-state index contributed by atoms with van der Waals surface area (Å²) >= 11 is 1.80. The molecule has 0 radical (unpaired) electrons. The van der Waals surface area contributed by atoms with Crippen molar-refractivity contribution in [1.82, 2.24) is 10.6 Å². The molecule has 3 unspecified atom stereocenters. The van der Waals surface area contributed by atoms with Gasteiger partial charge >= 0.3 is 0 Å². The number of aliphatic imine (C=N–C) groups is 1. The number of nitrogens with zero attached hydrogens (tertiary/aromatic N) is 1. The standard InChI is InChI=1S/C14H23N3OS/c1-10-4-2-6-14(8-10)9-19-13(17-14)16-11-5-3-7-15-12(11)18/h10-11H,2-9H2,1H3,(H,15,18)(H,16,17). The van der Waals surface area contributed by atoms with Crippen molar-refractivity contribution in [3.05, 3.63) is 0 Å². The zero-order valence-electron chi connectivity index (χ0n) is 11.6. The molecule has 2 saturated heterocycles. The van der Waals surface area contributed by atoms with Crippen LogP contribution in [-0.4, -0.2) is 35.0 Å². The molecule has 1 amide bonds. The molecule has 3 aliphatic rings. The molecule has 2 N–H and O–H groups in total. The minimum absolute atomic E-state index is 0.0964. The molecule has 19 heavy (non-hydrogen) atoms. The van der Waals surface area contributed by atoms with Gasteiger partial charge in [0, 0.05) is 17.8 Å². The van der Waals surface area contributed by atoms with Crippen molar-refractivity contribution in [3.63, 3.8) is 0 Å². The molecular weight excluding hydrogens is 258 g/mol. The second kappa shape index (κ2) is 5.35. The number of amidine groups is 1. The van der Waals surface area contributed by atoms with Gasteiger partial charge < -0.3 is 10.6 Å². The normalized spacial score (nSPS) is 41.3. The quantitative estimate of drug-likeness (QED) is 0.772. The first kappa shape index (κ1) is 13.3. The molecule has 0 aromatic rings. The smallest absolute Gasteiger partial charge is 0.244 e. The predicted molar refractivity (Wildman–Crippen MR) is 79.4 cm³/mol. The molecule has 5 heteroatoms. The number of hydrogen-bond acceptors (Lipinski definition) is 3. The maximum Gasteiger partial charge on any atom is 0.244 e. The van der Waals surface area contributed by atoms with Crippen LogP contribution in [0.1, 0.15) is 45.4 Å². The summed E-state index contributed by atoms with van der Waals surface area (Å²) in [6.45, 7) is 3.15. The number of thioether (sulfide) groups is 1. The average molecular weight is 281 g/mol. The average Bonchev–Trinajstić information content (AvgIpc) is 2.75. The molecule has 1 aliphatic carbocycles. The first-order valence-corrected chi connectivity index (χ1v) is 8.42. The van der Waals surface area contributed by atoms with E-state index < -0.39 is 0 Å². The Morgan fingerprint density at radius 2 is 2.26 bits per heavy atom. The molecule has 3 atom stereocenters. The fourth-order valence-electron chi connectivity index (χ4n) is 3.50. The minimum atomic E-state index is -0.167. The summed E-state index contributed by atoms with van der Waals surface area (Å²) in [5.41, 5.74) is 0.256. The maximum atomic E-state index is 11.7. The van der Waals surface area contributed by atoms with E-state index >= 15 is 0 Å². The van der Waals surface area contributed by atoms with Crippen molar-refractivity contribution in [3.8, 4) is 0 Å². The van der Waals surface area contributed by atoms with Crippen LogP contribution >= 0.6 is 11.8 Å². The highest BCUT2D eigenvalue weighted by atomic mass is 32.2. The Hall–Kier alpha value is -0.710. The van der Waals surface area contributed by atoms with Gasteiger partial charge in [-0.15, -0.1) is 0 Å². The number of hydrogen-bond donors (Lipinski definition) is 2. The van der Waals surface area contributed by atoms with Gasteiger partial charge in [-0.3, -0.25) is 4.79 Å². The van der Waals surface area contributed by atoms with Crippen molar-refractivity contribution in [2.75, 3.05) is 12.3 Å². The fourth-order valence-corrected chi connectivity index (χ4v) is 4.74. The summed E-state index contributed by atoms with van der Waals surface area (Å²) in [6, 6.07) is -0.167. The monoisotopic (exact) mass is 281 g/mol. The zero-order valence-corrected chi connectivity index (χ0v) is 12.4. The van der Waals surface area contributed by atoms with E-state index in [4.69, 9.17) is 0 Å². The number of amides is 1. The van der Waals surface area contributed by atoms with E-state index in [1.165, 1.54) is 25.7 Å². The SMILES string of the molecule is CC1CCCC2(CSC(=NC3CCCNC3=O)N2)C1. The lowest BCUT2D eigenvalue weighted by Gasteiger charge is -2.36. The Kier molecular flexibility index (Phi) is 3.74. The van der Waals surface area contributed by atoms with Gasteiger partial charge in [0.15, 0.2) is 5.17 Å². The summed E-state index contributed by atoms with van der Waals surface area (Å²) in [6.07, 6.45) is 7.09. The third kappa shape index (κ3) is 2.91. The molecule has 106 valence electrons. The van der Waals surface area contributed by atoms with E-state index in [9.17, 15) is 4.79 Å². The van der Waals surface area contributed by atoms with Gasteiger partial charge in [-0.05, 0) is 31.6 Å². The van der Waals surface area contributed by atoms with Crippen molar-refractivity contribution in [2.24, 2.45) is 10.9 Å². The third-order valence-electron chi connectivity index (χ3n) is 4.48. The molecule has 0 aromatic carbocycles. The Labute approximate surface area is 119 Å². The molecule has 2 heterocycles. The highest BCUT2D eigenvalue weighted by molar-refractivity contribution is 8.14. The number of carbonyl (C=O) groups excluding carboxylic acids is 1. The van der Waals surface area contributed by atoms with Gasteiger partial charge in [-0.2, -0.15) is 0 Å². The molecule has 3 fully saturated rings. The Bertz CT molecular complexity index is 398. The number of nitrogens with one attached hydrogen (secondary N) is 2. The highest BCUT2D eigenvalue weighted by Gasteiger charge is 2.40. The van der Waals surface area contributed by atoms with Crippen LogP contribution < -0.4 is 10.6 Å². The second-order valence-corrected chi connectivity index (χ2v) is 7.24. The number of carbonyl (C=O) groups is 1. The first-order chi connectivity index (χ1) is 9.17. The van der Waals surface area contributed by atoms with E-state index in [1.54, 1.807) is 11.8 Å². The van der Waals surface area contributed by atoms with Crippen LogP contribution in [-0.2, 0) is 4.79 Å². The van der Waals surface area contributed by atoms with E-state index in [0.717, 1.165) is 36.2 Å². The molecule has 0 bridgehead atoms. The lowest BCUT2D eigenvalue weighted by Crippen LogP contribution is -2.47. The molecule has 1 spiro atoms. The van der Waals surface area contributed by atoms with E-state index in [0.29, 0.717) is 0 Å². The zero-order chi connectivity index (χ0) is 13.3. The molecular formula is C14H23N3OS. The minimum Gasteiger partial charge on any atom is -0.359 e. The van der Waals surface area contributed by atoms with Crippen molar-refractivity contribution < 1.29 is 4.79 Å².